The Morgan fingerprint density at radius 2 is 2.00 bits per heavy atom. The van der Waals surface area contributed by atoms with E-state index in [4.69, 9.17) is 14.2 Å². The highest BCUT2D eigenvalue weighted by Gasteiger charge is 2.41. The van der Waals surface area contributed by atoms with E-state index in [2.05, 4.69) is 38.2 Å². The minimum atomic E-state index is -2.89. The molecule has 0 amide bonds. The number of allylic oxidation sites excluding steroid dienone is 6. The van der Waals surface area contributed by atoms with Gasteiger partial charge in [0.1, 0.15) is 24.1 Å². The Kier molecular flexibility index (Phi) is 12.6. The van der Waals surface area contributed by atoms with E-state index in [1.54, 1.807) is 26.8 Å². The fraction of sp³-hybridized carbons (Fsp3) is 0.649. The van der Waals surface area contributed by atoms with Crippen LogP contribution in [0.25, 0.3) is 0 Å². The summed E-state index contributed by atoms with van der Waals surface area (Å²) in [5, 5.41) is 3.45. The molecule has 1 aromatic rings. The van der Waals surface area contributed by atoms with Gasteiger partial charge in [0.05, 0.1) is 12.2 Å². The summed E-state index contributed by atoms with van der Waals surface area (Å²) >= 11 is 0. The first kappa shape index (κ1) is 36.2. The second kappa shape index (κ2) is 16.0. The number of hydrogen-bond donors (Lipinski definition) is 1. The second-order valence-electron chi connectivity index (χ2n) is 14.2. The smallest absolute Gasteiger partial charge is 0.328 e. The Morgan fingerprint density at radius 3 is 2.67 bits per heavy atom. The largest absolute Gasteiger partial charge is 0.459 e. The predicted octanol–water partition coefficient (Wildman–Crippen LogP) is 8.51. The number of unbranched alkanes of at least 4 members (excludes halogenated alkanes) is 1. The van der Waals surface area contributed by atoms with E-state index in [0.29, 0.717) is 30.8 Å². The lowest BCUT2D eigenvalue weighted by atomic mass is 9.91. The molecular weight excluding hydrogens is 593 g/mol. The lowest BCUT2D eigenvalue weighted by Crippen LogP contribution is -2.39. The summed E-state index contributed by atoms with van der Waals surface area (Å²) in [5.74, 6) is -3.90. The molecular formula is C37H53F3N2O4. The van der Waals surface area contributed by atoms with Crippen LogP contribution in [-0.2, 0) is 19.0 Å². The van der Waals surface area contributed by atoms with Gasteiger partial charge in [-0.1, -0.05) is 23.8 Å². The first-order valence-corrected chi connectivity index (χ1v) is 16.9. The van der Waals surface area contributed by atoms with E-state index >= 15 is 0 Å². The van der Waals surface area contributed by atoms with Crippen LogP contribution in [0.3, 0.4) is 0 Å². The van der Waals surface area contributed by atoms with E-state index in [1.165, 1.54) is 34.5 Å². The number of nitrogens with one attached hydrogen (secondary N) is 1. The molecule has 46 heavy (non-hydrogen) atoms. The van der Waals surface area contributed by atoms with Crippen molar-refractivity contribution >= 4 is 5.97 Å². The third-order valence-electron chi connectivity index (χ3n) is 8.95. The van der Waals surface area contributed by atoms with Crippen LogP contribution in [0.5, 0.6) is 0 Å². The molecule has 6 nitrogen and oxygen atoms in total. The van der Waals surface area contributed by atoms with Gasteiger partial charge < -0.3 is 19.5 Å². The summed E-state index contributed by atoms with van der Waals surface area (Å²) in [6.45, 7) is 13.8. The number of likely N-dealkylation sites (tertiary alicyclic amines) is 1. The molecule has 1 N–H and O–H groups in total. The fourth-order valence-electron chi connectivity index (χ4n) is 6.43. The summed E-state index contributed by atoms with van der Waals surface area (Å²) in [7, 11) is 0. The van der Waals surface area contributed by atoms with Gasteiger partial charge in [0, 0.05) is 38.4 Å². The highest BCUT2D eigenvalue weighted by atomic mass is 19.3. The normalized spacial score (nSPS) is 23.0. The van der Waals surface area contributed by atoms with Gasteiger partial charge in [0.2, 0.25) is 0 Å². The van der Waals surface area contributed by atoms with Gasteiger partial charge in [-0.05, 0) is 121 Å². The fourth-order valence-corrected chi connectivity index (χ4v) is 6.43. The van der Waals surface area contributed by atoms with Crippen LogP contribution in [0, 0.1) is 5.82 Å². The number of carbonyl (C=O) groups excluding carboxylic acids is 1. The lowest BCUT2D eigenvalue weighted by Gasteiger charge is -2.34. The molecule has 0 aromatic heterocycles. The van der Waals surface area contributed by atoms with Crippen molar-refractivity contribution in [1.82, 2.24) is 10.2 Å². The van der Waals surface area contributed by atoms with E-state index in [1.807, 2.05) is 4.90 Å². The monoisotopic (exact) mass is 646 g/mol. The van der Waals surface area contributed by atoms with Crippen molar-refractivity contribution in [2.24, 2.45) is 0 Å². The summed E-state index contributed by atoms with van der Waals surface area (Å²) in [5.41, 5.74) is 5.52. The Morgan fingerprint density at radius 1 is 1.22 bits per heavy atom. The molecule has 3 heterocycles. The molecule has 2 fully saturated rings. The Hall–Kier alpha value is -2.62. The standard InChI is InChI=1S/C37H53F3N2O4/c1-25(2)27(12-13-28-11-9-19-41-26(28)3)10-7-8-21-44-30-17-20-42(23-30)34(35(43)46-36(4,5)6)32-22-29(38)14-15-31(32)33-16-18-37(39,40)24-45-33/h12-15,22,30,33-34,41H,7-11,16-21,23-24H2,1-6H3/b13-12-. The van der Waals surface area contributed by atoms with Crippen LogP contribution in [0.1, 0.15) is 116 Å². The molecule has 0 radical (unpaired) electrons. The van der Waals surface area contributed by atoms with Gasteiger partial charge in [-0.25, -0.2) is 18.0 Å². The number of rotatable bonds is 12. The van der Waals surface area contributed by atoms with Gasteiger partial charge in [-0.2, -0.15) is 0 Å². The van der Waals surface area contributed by atoms with Gasteiger partial charge in [0.25, 0.3) is 5.92 Å². The van der Waals surface area contributed by atoms with E-state index < -0.39 is 42.1 Å². The van der Waals surface area contributed by atoms with Crippen molar-refractivity contribution < 1.29 is 32.2 Å². The molecule has 0 aliphatic carbocycles. The molecule has 3 unspecified atom stereocenters. The molecule has 0 saturated carbocycles. The minimum absolute atomic E-state index is 0.0805. The van der Waals surface area contributed by atoms with Gasteiger partial charge in [-0.3, -0.25) is 4.90 Å². The van der Waals surface area contributed by atoms with Crippen molar-refractivity contribution in [2.45, 2.75) is 123 Å². The SMILES string of the molecule is CC(C)=C(/C=C\C1=C(C)NCCC1)CCCCOC1CCN(C(C(=O)OC(C)(C)C)c2cc(F)ccc2C2CCC(F)(F)CO2)C1. The minimum Gasteiger partial charge on any atom is -0.459 e. The molecule has 256 valence electrons. The third kappa shape index (κ3) is 10.4. The van der Waals surface area contributed by atoms with Crippen LogP contribution >= 0.6 is 0 Å². The van der Waals surface area contributed by atoms with Crippen molar-refractivity contribution in [3.63, 3.8) is 0 Å². The first-order chi connectivity index (χ1) is 21.7. The van der Waals surface area contributed by atoms with Crippen LogP contribution in [0.2, 0.25) is 0 Å². The van der Waals surface area contributed by atoms with Crippen LogP contribution in [0.4, 0.5) is 13.2 Å². The molecule has 3 atom stereocenters. The molecule has 4 rings (SSSR count). The molecule has 1 aromatic carbocycles. The molecule has 0 bridgehead atoms. The van der Waals surface area contributed by atoms with E-state index in [-0.39, 0.29) is 18.9 Å². The van der Waals surface area contributed by atoms with E-state index in [9.17, 15) is 18.0 Å². The van der Waals surface area contributed by atoms with E-state index in [0.717, 1.165) is 45.1 Å². The number of halogens is 3. The average Bonchev–Trinajstić information content (AvgIpc) is 3.43. The maximum Gasteiger partial charge on any atom is 0.328 e. The molecule has 0 spiro atoms. The second-order valence-corrected chi connectivity index (χ2v) is 14.2. The number of alkyl halides is 2. The molecule has 2 saturated heterocycles. The Labute approximate surface area is 273 Å². The van der Waals surface area contributed by atoms with Crippen LogP contribution < -0.4 is 5.32 Å². The third-order valence-corrected chi connectivity index (χ3v) is 8.95. The van der Waals surface area contributed by atoms with Gasteiger partial charge in [0.15, 0.2) is 0 Å². The van der Waals surface area contributed by atoms with Crippen LogP contribution in [-0.4, -0.2) is 61.3 Å². The summed E-state index contributed by atoms with van der Waals surface area (Å²) in [6, 6.07) is 3.26. The summed E-state index contributed by atoms with van der Waals surface area (Å²) in [4.78, 5) is 15.7. The number of hydrogen-bond acceptors (Lipinski definition) is 6. The van der Waals surface area contributed by atoms with Crippen molar-refractivity contribution in [3.05, 3.63) is 69.7 Å². The topological polar surface area (TPSA) is 60.0 Å². The number of carbonyl (C=O) groups is 1. The molecule has 3 aliphatic rings. The molecule has 9 heteroatoms. The average molecular weight is 647 g/mol. The predicted molar refractivity (Wildman–Crippen MR) is 175 cm³/mol. The maximum atomic E-state index is 14.7. The highest BCUT2D eigenvalue weighted by molar-refractivity contribution is 5.79. The number of esters is 1. The molecule has 3 aliphatic heterocycles. The van der Waals surface area contributed by atoms with Gasteiger partial charge >= 0.3 is 5.97 Å². The summed E-state index contributed by atoms with van der Waals surface area (Å²) in [6.07, 6.45) is 9.43. The maximum absolute atomic E-state index is 14.7. The Bertz CT molecular complexity index is 1290. The van der Waals surface area contributed by atoms with Crippen molar-refractivity contribution in [1.29, 1.82) is 0 Å². The van der Waals surface area contributed by atoms with Crippen molar-refractivity contribution in [3.8, 4) is 0 Å². The number of ether oxygens (including phenoxy) is 3. The van der Waals surface area contributed by atoms with Crippen LogP contribution in [0.15, 0.2) is 52.8 Å². The van der Waals surface area contributed by atoms with Gasteiger partial charge in [-0.15, -0.1) is 0 Å². The summed E-state index contributed by atoms with van der Waals surface area (Å²) < 4.78 is 60.1. The first-order valence-electron chi connectivity index (χ1n) is 16.9. The van der Waals surface area contributed by atoms with Crippen molar-refractivity contribution in [2.75, 3.05) is 32.8 Å². The zero-order chi connectivity index (χ0) is 33.5. The number of nitrogens with zero attached hydrogens (tertiary/aromatic N) is 1. The Balaban J connectivity index is 1.38. The quantitative estimate of drug-likeness (QED) is 0.140. The number of benzene rings is 1. The lowest BCUT2D eigenvalue weighted by molar-refractivity contribution is -0.162. The highest BCUT2D eigenvalue weighted by Crippen LogP contribution is 2.40. The zero-order valence-corrected chi connectivity index (χ0v) is 28.5. The zero-order valence-electron chi connectivity index (χ0n) is 28.5.